The quantitative estimate of drug-likeness (QED) is 0.436. The summed E-state index contributed by atoms with van der Waals surface area (Å²) < 4.78 is 71.8. The largest absolute Gasteiger partial charge is 0.490 e. The molecular weight excluding hydrogens is 600 g/mol. The summed E-state index contributed by atoms with van der Waals surface area (Å²) in [5.74, 6) is -0.351. The maximum Gasteiger partial charge on any atom is 0.258 e. The standard InChI is InChI=1S/C28H44N4O9S2/c1-18-15-32(19(2)17-33)28(34)24-14-23(30-42(7,35)36)11-12-25(24)40-20(3)10-8-9-13-39-26(18)16-31(6)43(37,38)27-21(4)29-41-22(27)5/h11-12,14,18-20,26,30,33H,8-10,13,15-17H2,1-7H3/t18-,19+,20-,26+/m1/s1. The number of nitrogens with zero attached hydrogens (tertiary/aromatic N) is 3. The van der Waals surface area contributed by atoms with Gasteiger partial charge in [-0.1, -0.05) is 12.1 Å². The molecule has 0 spiro atoms. The summed E-state index contributed by atoms with van der Waals surface area (Å²) >= 11 is 0. The molecular formula is C28H44N4O9S2. The fraction of sp³-hybridized carbons (Fsp3) is 0.643. The smallest absolute Gasteiger partial charge is 0.258 e. The highest BCUT2D eigenvalue weighted by atomic mass is 32.2. The van der Waals surface area contributed by atoms with E-state index in [-0.39, 0.29) is 59.3 Å². The summed E-state index contributed by atoms with van der Waals surface area (Å²) in [6, 6.07) is 3.90. The van der Waals surface area contributed by atoms with E-state index in [1.54, 1.807) is 26.8 Å². The number of rotatable bonds is 8. The molecule has 1 aliphatic rings. The number of aryl methyl sites for hydroxylation is 2. The summed E-state index contributed by atoms with van der Waals surface area (Å²) in [5, 5.41) is 13.9. The first-order valence-corrected chi connectivity index (χ1v) is 17.6. The van der Waals surface area contributed by atoms with Crippen LogP contribution in [-0.4, -0.2) is 100 Å². The van der Waals surface area contributed by atoms with Gasteiger partial charge < -0.3 is 24.0 Å². The van der Waals surface area contributed by atoms with Gasteiger partial charge in [0.05, 0.1) is 36.7 Å². The minimum atomic E-state index is -3.95. The van der Waals surface area contributed by atoms with Gasteiger partial charge in [0, 0.05) is 38.3 Å². The summed E-state index contributed by atoms with van der Waals surface area (Å²) in [5.41, 5.74) is 0.599. The number of sulfonamides is 2. The number of hydrogen-bond acceptors (Lipinski definition) is 10. The Bertz CT molecular complexity index is 1460. The number of carbonyl (C=O) groups is 1. The fourth-order valence-electron chi connectivity index (χ4n) is 5.01. The monoisotopic (exact) mass is 644 g/mol. The van der Waals surface area contributed by atoms with E-state index in [1.807, 2.05) is 13.8 Å². The third kappa shape index (κ3) is 8.91. The number of hydrogen-bond donors (Lipinski definition) is 2. The molecule has 0 radical (unpaired) electrons. The molecule has 0 saturated heterocycles. The molecule has 15 heteroatoms. The van der Waals surface area contributed by atoms with Crippen LogP contribution < -0.4 is 9.46 Å². The first kappa shape index (κ1) is 34.8. The van der Waals surface area contributed by atoms with E-state index in [2.05, 4.69) is 9.88 Å². The highest BCUT2D eigenvalue weighted by Crippen LogP contribution is 2.29. The number of aliphatic hydroxyl groups is 1. The van der Waals surface area contributed by atoms with Crippen molar-refractivity contribution in [1.29, 1.82) is 0 Å². The van der Waals surface area contributed by atoms with Crippen LogP contribution in [0.2, 0.25) is 0 Å². The van der Waals surface area contributed by atoms with Crippen LogP contribution in [0.5, 0.6) is 5.75 Å². The summed E-state index contributed by atoms with van der Waals surface area (Å²) in [7, 11) is -6.10. The van der Waals surface area contributed by atoms with Crippen LogP contribution in [0.3, 0.4) is 0 Å². The minimum absolute atomic E-state index is 0.00161. The van der Waals surface area contributed by atoms with Gasteiger partial charge in [-0.3, -0.25) is 9.52 Å². The minimum Gasteiger partial charge on any atom is -0.490 e. The number of benzene rings is 1. The first-order chi connectivity index (χ1) is 20.0. The van der Waals surface area contributed by atoms with Crippen LogP contribution in [0.15, 0.2) is 27.6 Å². The second kappa shape index (κ2) is 14.4. The van der Waals surface area contributed by atoms with E-state index in [0.717, 1.165) is 12.7 Å². The van der Waals surface area contributed by atoms with Crippen molar-refractivity contribution < 1.29 is 40.7 Å². The Balaban J connectivity index is 2.00. The molecule has 1 amide bonds. The van der Waals surface area contributed by atoms with Crippen molar-refractivity contribution in [3.63, 3.8) is 0 Å². The molecule has 1 aromatic heterocycles. The third-order valence-corrected chi connectivity index (χ3v) is 10.1. The average Bonchev–Trinajstić information content (AvgIpc) is 3.27. The van der Waals surface area contributed by atoms with Crippen molar-refractivity contribution in [2.24, 2.45) is 5.92 Å². The predicted octanol–water partition coefficient (Wildman–Crippen LogP) is 2.78. The lowest BCUT2D eigenvalue weighted by Gasteiger charge is -2.35. The maximum atomic E-state index is 14.1. The molecule has 1 aromatic carbocycles. The van der Waals surface area contributed by atoms with Crippen molar-refractivity contribution in [1.82, 2.24) is 14.4 Å². The van der Waals surface area contributed by atoms with E-state index in [0.29, 0.717) is 25.2 Å². The lowest BCUT2D eigenvalue weighted by molar-refractivity contribution is -0.00835. The molecule has 4 atom stereocenters. The molecule has 1 aliphatic heterocycles. The molecule has 0 aliphatic carbocycles. The summed E-state index contributed by atoms with van der Waals surface area (Å²) in [6.07, 6.45) is 2.29. The second-order valence-electron chi connectivity index (χ2n) is 11.3. The molecule has 0 bridgehead atoms. The van der Waals surface area contributed by atoms with Gasteiger partial charge in [-0.2, -0.15) is 4.31 Å². The highest BCUT2D eigenvalue weighted by molar-refractivity contribution is 7.92. The summed E-state index contributed by atoms with van der Waals surface area (Å²) in [4.78, 5) is 15.6. The molecule has 0 fully saturated rings. The Morgan fingerprint density at radius 1 is 1.19 bits per heavy atom. The number of nitrogens with one attached hydrogen (secondary N) is 1. The van der Waals surface area contributed by atoms with Gasteiger partial charge in [0.1, 0.15) is 16.3 Å². The average molecular weight is 645 g/mol. The number of carbonyl (C=O) groups excluding carboxylic acids is 1. The molecule has 0 unspecified atom stereocenters. The number of amides is 1. The third-order valence-electron chi connectivity index (χ3n) is 7.43. The van der Waals surface area contributed by atoms with E-state index in [4.69, 9.17) is 14.0 Å². The van der Waals surface area contributed by atoms with Crippen LogP contribution in [0.25, 0.3) is 0 Å². The SMILES string of the molecule is Cc1noc(C)c1S(=O)(=O)N(C)C[C@@H]1OCCCC[C@@H](C)Oc2ccc(NS(C)(=O)=O)cc2C(=O)N([C@@H](C)CO)C[C@H]1C. The number of aromatic nitrogens is 1. The zero-order chi connectivity index (χ0) is 32.1. The van der Waals surface area contributed by atoms with Gasteiger partial charge in [-0.05, 0) is 65.2 Å². The lowest BCUT2D eigenvalue weighted by Crippen LogP contribution is -2.48. The first-order valence-electron chi connectivity index (χ1n) is 14.3. The summed E-state index contributed by atoms with van der Waals surface area (Å²) in [6.45, 7) is 8.71. The van der Waals surface area contributed by atoms with Crippen LogP contribution in [0.4, 0.5) is 5.69 Å². The topological polar surface area (TPSA) is 169 Å². The molecule has 3 rings (SSSR count). The number of ether oxygens (including phenoxy) is 2. The van der Waals surface area contributed by atoms with E-state index < -0.39 is 38.1 Å². The fourth-order valence-corrected chi connectivity index (χ4v) is 7.03. The Morgan fingerprint density at radius 3 is 2.49 bits per heavy atom. The highest BCUT2D eigenvalue weighted by Gasteiger charge is 2.34. The van der Waals surface area contributed by atoms with Gasteiger partial charge >= 0.3 is 0 Å². The van der Waals surface area contributed by atoms with Crippen molar-refractivity contribution in [2.75, 3.05) is 44.3 Å². The zero-order valence-corrected chi connectivity index (χ0v) is 27.5. The van der Waals surface area contributed by atoms with E-state index in [9.17, 15) is 26.7 Å². The van der Waals surface area contributed by atoms with E-state index >= 15 is 0 Å². The molecule has 43 heavy (non-hydrogen) atoms. The zero-order valence-electron chi connectivity index (χ0n) is 25.9. The van der Waals surface area contributed by atoms with Crippen LogP contribution >= 0.6 is 0 Å². The maximum absolute atomic E-state index is 14.1. The van der Waals surface area contributed by atoms with Crippen molar-refractivity contribution in [2.45, 2.75) is 77.0 Å². The van der Waals surface area contributed by atoms with Gasteiger partial charge in [0.15, 0.2) is 5.76 Å². The molecule has 13 nitrogen and oxygen atoms in total. The van der Waals surface area contributed by atoms with Crippen LogP contribution in [-0.2, 0) is 24.8 Å². The molecule has 2 heterocycles. The Morgan fingerprint density at radius 2 is 1.88 bits per heavy atom. The molecule has 2 aromatic rings. The normalized spacial score (nSPS) is 22.0. The Hall–Kier alpha value is -2.72. The second-order valence-corrected chi connectivity index (χ2v) is 15.1. The number of likely N-dealkylation sites (N-methyl/N-ethyl adjacent to an activating group) is 1. The van der Waals surface area contributed by atoms with Gasteiger partial charge in [-0.15, -0.1) is 0 Å². The molecule has 242 valence electrons. The van der Waals surface area contributed by atoms with Crippen LogP contribution in [0, 0.1) is 19.8 Å². The molecule has 2 N–H and O–H groups in total. The van der Waals surface area contributed by atoms with Crippen molar-refractivity contribution >= 4 is 31.6 Å². The number of aliphatic hydroxyl groups excluding tert-OH is 1. The lowest BCUT2D eigenvalue weighted by atomic mass is 10.0. The van der Waals surface area contributed by atoms with Gasteiger partial charge in [0.25, 0.3) is 5.91 Å². The molecule has 0 saturated carbocycles. The van der Waals surface area contributed by atoms with Crippen molar-refractivity contribution in [3.05, 3.63) is 35.2 Å². The number of fused-ring (bicyclic) bond motifs is 1. The van der Waals surface area contributed by atoms with E-state index in [1.165, 1.54) is 28.4 Å². The Kier molecular flexibility index (Phi) is 11.6. The van der Waals surface area contributed by atoms with Crippen molar-refractivity contribution in [3.8, 4) is 5.75 Å². The van der Waals surface area contributed by atoms with Gasteiger partial charge in [0.2, 0.25) is 20.0 Å². The number of anilines is 1. The Labute approximate surface area is 254 Å². The van der Waals surface area contributed by atoms with Gasteiger partial charge in [-0.25, -0.2) is 16.8 Å². The predicted molar refractivity (Wildman–Crippen MR) is 161 cm³/mol. The van der Waals surface area contributed by atoms with Crippen LogP contribution in [0.1, 0.15) is 61.8 Å².